The van der Waals surface area contributed by atoms with Gasteiger partial charge in [0, 0.05) is 6.92 Å². The molecule has 0 fully saturated rings. The van der Waals surface area contributed by atoms with E-state index in [1.54, 1.807) is 11.6 Å². The van der Waals surface area contributed by atoms with Crippen molar-refractivity contribution in [2.45, 2.75) is 72.3 Å². The highest BCUT2D eigenvalue weighted by molar-refractivity contribution is 14.1. The van der Waals surface area contributed by atoms with E-state index >= 15 is 0 Å². The third-order valence-corrected chi connectivity index (χ3v) is 9.63. The normalized spacial score (nSPS) is 12.8. The number of ether oxygens (including phenoxy) is 1. The molecule has 1 rings (SSSR count). The van der Waals surface area contributed by atoms with Gasteiger partial charge in [0.15, 0.2) is 14.1 Å². The van der Waals surface area contributed by atoms with Gasteiger partial charge >= 0.3 is 0 Å². The van der Waals surface area contributed by atoms with E-state index in [0.717, 1.165) is 3.57 Å². The van der Waals surface area contributed by atoms with Gasteiger partial charge in [-0.3, -0.25) is 9.48 Å². The Morgan fingerprint density at radius 2 is 1.91 bits per heavy atom. The fourth-order valence-electron chi connectivity index (χ4n) is 1.82. The summed E-state index contributed by atoms with van der Waals surface area (Å²) in [6.07, 6.45) is 0.0233. The Bertz CT molecular complexity index is 562. The van der Waals surface area contributed by atoms with Crippen LogP contribution >= 0.6 is 22.6 Å². The van der Waals surface area contributed by atoms with Gasteiger partial charge in [-0.1, -0.05) is 20.8 Å². The molecule has 5 nitrogen and oxygen atoms in total. The van der Waals surface area contributed by atoms with Crippen molar-refractivity contribution in [2.24, 2.45) is 0 Å². The molecule has 7 heteroatoms. The molecule has 23 heavy (non-hydrogen) atoms. The van der Waals surface area contributed by atoms with Crippen molar-refractivity contribution < 1.29 is 14.0 Å². The van der Waals surface area contributed by atoms with Gasteiger partial charge in [-0.2, -0.15) is 0 Å². The first-order chi connectivity index (χ1) is 10.4. The molecule has 0 spiro atoms. The van der Waals surface area contributed by atoms with E-state index in [1.807, 2.05) is 13.8 Å². The number of rotatable bonds is 7. The van der Waals surface area contributed by atoms with Crippen molar-refractivity contribution in [3.63, 3.8) is 0 Å². The van der Waals surface area contributed by atoms with Crippen LogP contribution in [0.15, 0.2) is 0 Å². The largest absolute Gasteiger partial charge is 0.473 e. The number of hydrogen-bond acceptors (Lipinski definition) is 4. The molecule has 0 aliphatic rings. The zero-order valence-electron chi connectivity index (χ0n) is 15.5. The summed E-state index contributed by atoms with van der Waals surface area (Å²) < 4.78 is 14.4. The summed E-state index contributed by atoms with van der Waals surface area (Å²) >= 11 is 2.13. The van der Waals surface area contributed by atoms with E-state index < -0.39 is 8.32 Å². The van der Waals surface area contributed by atoms with Crippen LogP contribution in [0.25, 0.3) is 0 Å². The summed E-state index contributed by atoms with van der Waals surface area (Å²) in [6.45, 7) is 17.6. The second-order valence-electron chi connectivity index (χ2n) is 7.52. The zero-order chi connectivity index (χ0) is 18.0. The highest BCUT2D eigenvalue weighted by Gasteiger charge is 2.37. The Kier molecular flexibility index (Phi) is 6.86. The van der Waals surface area contributed by atoms with Gasteiger partial charge < -0.3 is 9.16 Å². The lowest BCUT2D eigenvalue weighted by Crippen LogP contribution is -2.41. The molecule has 0 radical (unpaired) electrons. The Morgan fingerprint density at radius 3 is 2.35 bits per heavy atom. The Hall–Kier alpha value is -0.413. The van der Waals surface area contributed by atoms with E-state index in [-0.39, 0.29) is 16.9 Å². The van der Waals surface area contributed by atoms with Crippen molar-refractivity contribution in [3.05, 3.63) is 9.26 Å². The highest BCUT2D eigenvalue weighted by Crippen LogP contribution is 2.36. The molecule has 0 aliphatic heterocycles. The van der Waals surface area contributed by atoms with Crippen LogP contribution in [0, 0.1) is 3.57 Å². The van der Waals surface area contributed by atoms with Crippen LogP contribution in [-0.2, 0) is 11.0 Å². The van der Waals surface area contributed by atoms with E-state index in [9.17, 15) is 4.79 Å². The van der Waals surface area contributed by atoms with Crippen LogP contribution in [0.1, 0.15) is 52.0 Å². The van der Waals surface area contributed by atoms with Gasteiger partial charge in [-0.25, -0.2) is 0 Å². The second kappa shape index (κ2) is 7.65. The fraction of sp³-hybridized carbons (Fsp3) is 0.750. The number of nitrogens with zero attached hydrogens (tertiary/aromatic N) is 2. The van der Waals surface area contributed by atoms with Gasteiger partial charge in [0.25, 0.3) is 0 Å². The lowest BCUT2D eigenvalue weighted by molar-refractivity contribution is 0.100. The number of carbonyl (C=O) groups is 1. The summed E-state index contributed by atoms with van der Waals surface area (Å²) in [5.41, 5.74) is 0.597. The molecule has 0 aromatic carbocycles. The molecule has 0 amide bonds. The summed E-state index contributed by atoms with van der Waals surface area (Å²) in [5.74, 6) is 0.519. The standard InChI is InChI=1S/C16H29IN2O3Si/c1-11(2)22-15-13(17)14(12(3)20)19(18-15)9-10-21-23(7,8)16(4,5)6/h11H,9-10H2,1-8H3. The van der Waals surface area contributed by atoms with Gasteiger partial charge in [0.2, 0.25) is 5.88 Å². The summed E-state index contributed by atoms with van der Waals surface area (Å²) in [5, 5.41) is 4.62. The van der Waals surface area contributed by atoms with Crippen LogP contribution in [0.3, 0.4) is 0 Å². The number of Topliss-reactive ketones (excluding diaryl/α,β-unsaturated/α-hetero) is 1. The number of ketones is 1. The first kappa shape index (κ1) is 20.6. The van der Waals surface area contributed by atoms with Crippen LogP contribution in [0.5, 0.6) is 5.88 Å². The SMILES string of the molecule is CC(=O)c1c(I)c(OC(C)C)nn1CCO[Si](C)(C)C(C)(C)C. The van der Waals surface area contributed by atoms with Crippen molar-refractivity contribution in [1.82, 2.24) is 9.78 Å². The number of aromatic nitrogens is 2. The smallest absolute Gasteiger partial charge is 0.247 e. The van der Waals surface area contributed by atoms with E-state index in [0.29, 0.717) is 24.7 Å². The highest BCUT2D eigenvalue weighted by atomic mass is 127. The van der Waals surface area contributed by atoms with Crippen molar-refractivity contribution >= 4 is 36.7 Å². The average Bonchev–Trinajstić information content (AvgIpc) is 2.63. The van der Waals surface area contributed by atoms with Gasteiger partial charge in [0.1, 0.15) is 9.26 Å². The molecule has 0 bridgehead atoms. The lowest BCUT2D eigenvalue weighted by atomic mass is 10.2. The van der Waals surface area contributed by atoms with Crippen molar-refractivity contribution in [1.29, 1.82) is 0 Å². The molecule has 132 valence electrons. The average molecular weight is 452 g/mol. The predicted molar refractivity (Wildman–Crippen MR) is 104 cm³/mol. The van der Waals surface area contributed by atoms with E-state index in [2.05, 4.69) is 61.6 Å². The molecule has 1 heterocycles. The molecule has 0 atom stereocenters. The van der Waals surface area contributed by atoms with Crippen LogP contribution < -0.4 is 4.74 Å². The zero-order valence-corrected chi connectivity index (χ0v) is 18.6. The van der Waals surface area contributed by atoms with Crippen LogP contribution in [0.4, 0.5) is 0 Å². The Morgan fingerprint density at radius 1 is 1.35 bits per heavy atom. The minimum atomic E-state index is -1.80. The molecular weight excluding hydrogens is 423 g/mol. The molecule has 1 aromatic heterocycles. The quantitative estimate of drug-likeness (QED) is 0.347. The maximum atomic E-state index is 12.0. The lowest BCUT2D eigenvalue weighted by Gasteiger charge is -2.36. The molecule has 0 N–H and O–H groups in total. The monoisotopic (exact) mass is 452 g/mol. The molecule has 0 aliphatic carbocycles. The summed E-state index contributed by atoms with van der Waals surface area (Å²) in [6, 6.07) is 0. The molecule has 0 saturated heterocycles. The number of halogens is 1. The number of carbonyl (C=O) groups excluding carboxylic acids is 1. The minimum Gasteiger partial charge on any atom is -0.473 e. The third kappa shape index (κ3) is 5.28. The molecule has 0 saturated carbocycles. The number of hydrogen-bond donors (Lipinski definition) is 0. The van der Waals surface area contributed by atoms with Gasteiger partial charge in [-0.05, 0) is 54.6 Å². The maximum Gasteiger partial charge on any atom is 0.247 e. The molecular formula is C16H29IN2O3Si. The van der Waals surface area contributed by atoms with Crippen LogP contribution in [-0.4, -0.2) is 36.6 Å². The van der Waals surface area contributed by atoms with E-state index in [1.165, 1.54) is 0 Å². The first-order valence-corrected chi connectivity index (χ1v) is 11.9. The Balaban J connectivity index is 2.90. The van der Waals surface area contributed by atoms with Crippen molar-refractivity contribution in [3.8, 4) is 5.88 Å². The van der Waals surface area contributed by atoms with Crippen molar-refractivity contribution in [2.75, 3.05) is 6.61 Å². The molecule has 1 aromatic rings. The second-order valence-corrected chi connectivity index (χ2v) is 13.4. The van der Waals surface area contributed by atoms with Gasteiger partial charge in [0.05, 0.1) is 19.3 Å². The minimum absolute atomic E-state index is 0.00664. The van der Waals surface area contributed by atoms with Crippen LogP contribution in [0.2, 0.25) is 18.1 Å². The topological polar surface area (TPSA) is 53.3 Å². The first-order valence-electron chi connectivity index (χ1n) is 7.94. The Labute approximate surface area is 154 Å². The van der Waals surface area contributed by atoms with Gasteiger partial charge in [-0.15, -0.1) is 5.10 Å². The summed E-state index contributed by atoms with van der Waals surface area (Å²) in [4.78, 5) is 12.0. The maximum absolute atomic E-state index is 12.0. The fourth-order valence-corrected chi connectivity index (χ4v) is 3.75. The van der Waals surface area contributed by atoms with E-state index in [4.69, 9.17) is 9.16 Å². The summed E-state index contributed by atoms with van der Waals surface area (Å²) in [7, 11) is -1.80. The molecule has 0 unspecified atom stereocenters. The predicted octanol–water partition coefficient (Wildman–Crippen LogP) is 4.50. The third-order valence-electron chi connectivity index (χ3n) is 4.12.